The lowest BCUT2D eigenvalue weighted by atomic mass is 9.53. The molecule has 0 spiro atoms. The molecule has 3 saturated carbocycles. The van der Waals surface area contributed by atoms with Crippen LogP contribution in [0.3, 0.4) is 0 Å². The van der Waals surface area contributed by atoms with Crippen molar-refractivity contribution in [3.05, 3.63) is 70.2 Å². The number of amides is 1. The number of rotatable bonds is 4. The fourth-order valence-corrected chi connectivity index (χ4v) is 4.96. The molecule has 3 fully saturated rings. The molecule has 0 aromatic heterocycles. The Labute approximate surface area is 168 Å². The Hall–Kier alpha value is -1.85. The third-order valence-electron chi connectivity index (χ3n) is 6.32. The Bertz CT molecular complexity index is 798. The van der Waals surface area contributed by atoms with E-state index in [0.29, 0.717) is 6.42 Å². The van der Waals surface area contributed by atoms with Crippen molar-refractivity contribution in [1.29, 1.82) is 0 Å². The Morgan fingerprint density at radius 2 is 1.74 bits per heavy atom. The maximum atomic E-state index is 12.3. The summed E-state index contributed by atoms with van der Waals surface area (Å²) in [6, 6.07) is 17.9. The molecular weight excluding hydrogens is 406 g/mol. The normalized spacial score (nSPS) is 29.3. The standard InChI is InChI=1S/C22H24BrNO3/c23-18-8-6-17(7-9-18)22-12-10-21(11-13-22,14-19(22)25)24-20(26)27-15-16-4-2-1-3-5-16/h1-9,19,25H,10-15H2,(H,24,26)/t19-,21?,22?/m1/s1. The van der Waals surface area contributed by atoms with Gasteiger partial charge in [0.2, 0.25) is 0 Å². The van der Waals surface area contributed by atoms with Crippen molar-refractivity contribution in [1.82, 2.24) is 5.32 Å². The molecule has 0 unspecified atom stereocenters. The summed E-state index contributed by atoms with van der Waals surface area (Å²) in [5.74, 6) is 0. The molecule has 27 heavy (non-hydrogen) atoms. The number of halogens is 1. The van der Waals surface area contributed by atoms with Gasteiger partial charge in [0.1, 0.15) is 6.61 Å². The minimum absolute atomic E-state index is 0.196. The predicted molar refractivity (Wildman–Crippen MR) is 107 cm³/mol. The largest absolute Gasteiger partial charge is 0.445 e. The zero-order valence-electron chi connectivity index (χ0n) is 15.2. The second kappa shape index (κ2) is 7.28. The van der Waals surface area contributed by atoms with Gasteiger partial charge in [0.05, 0.1) is 6.10 Å². The predicted octanol–water partition coefficient (Wildman–Crippen LogP) is 4.69. The molecule has 3 aliphatic carbocycles. The monoisotopic (exact) mass is 429 g/mol. The molecule has 2 N–H and O–H groups in total. The van der Waals surface area contributed by atoms with Crippen molar-refractivity contribution in [2.75, 3.05) is 0 Å². The first-order valence-corrected chi connectivity index (χ1v) is 10.2. The van der Waals surface area contributed by atoms with E-state index in [0.717, 1.165) is 35.7 Å². The Morgan fingerprint density at radius 1 is 1.07 bits per heavy atom. The summed E-state index contributed by atoms with van der Waals surface area (Å²) in [6.07, 6.45) is 3.17. The van der Waals surface area contributed by atoms with Crippen LogP contribution in [0.25, 0.3) is 0 Å². The van der Waals surface area contributed by atoms with E-state index in [1.54, 1.807) is 0 Å². The SMILES string of the molecule is O=C(NC12CCC(c3ccc(Br)cc3)(CC1)[C@H](O)C2)OCc1ccccc1. The van der Waals surface area contributed by atoms with E-state index in [1.807, 2.05) is 42.5 Å². The second-order valence-corrected chi connectivity index (χ2v) is 8.77. The van der Waals surface area contributed by atoms with Gasteiger partial charge in [0.15, 0.2) is 0 Å². The van der Waals surface area contributed by atoms with Gasteiger partial charge in [-0.15, -0.1) is 0 Å². The van der Waals surface area contributed by atoms with Crippen LogP contribution in [0.4, 0.5) is 4.79 Å². The topological polar surface area (TPSA) is 58.6 Å². The minimum atomic E-state index is -0.462. The molecule has 3 aliphatic rings. The van der Waals surface area contributed by atoms with Crippen LogP contribution in [0.5, 0.6) is 0 Å². The summed E-state index contributed by atoms with van der Waals surface area (Å²) in [5.41, 5.74) is 1.60. The van der Waals surface area contributed by atoms with Gasteiger partial charge in [-0.25, -0.2) is 4.79 Å². The molecular formula is C22H24BrNO3. The number of aliphatic hydroxyl groups excluding tert-OH is 1. The zero-order valence-corrected chi connectivity index (χ0v) is 16.7. The van der Waals surface area contributed by atoms with Crippen LogP contribution in [0, 0.1) is 0 Å². The van der Waals surface area contributed by atoms with Crippen LogP contribution in [0.15, 0.2) is 59.1 Å². The van der Waals surface area contributed by atoms with Crippen LogP contribution >= 0.6 is 15.9 Å². The number of carbonyl (C=O) groups excluding carboxylic acids is 1. The van der Waals surface area contributed by atoms with Gasteiger partial charge in [-0.05, 0) is 55.4 Å². The van der Waals surface area contributed by atoms with Gasteiger partial charge in [-0.1, -0.05) is 58.4 Å². The number of benzene rings is 2. The Balaban J connectivity index is 1.40. The van der Waals surface area contributed by atoms with Gasteiger partial charge in [0, 0.05) is 15.4 Å². The average Bonchev–Trinajstić information content (AvgIpc) is 2.68. The molecule has 2 bridgehead atoms. The lowest BCUT2D eigenvalue weighted by molar-refractivity contribution is -0.0486. The molecule has 1 amide bonds. The van der Waals surface area contributed by atoms with E-state index in [1.165, 1.54) is 5.56 Å². The summed E-state index contributed by atoms with van der Waals surface area (Å²) < 4.78 is 6.44. The summed E-state index contributed by atoms with van der Waals surface area (Å²) in [6.45, 7) is 0.258. The molecule has 0 radical (unpaired) electrons. The van der Waals surface area contributed by atoms with Crippen molar-refractivity contribution in [3.8, 4) is 0 Å². The molecule has 142 valence electrons. The summed E-state index contributed by atoms with van der Waals surface area (Å²) in [7, 11) is 0. The zero-order chi connectivity index (χ0) is 18.9. The second-order valence-electron chi connectivity index (χ2n) is 7.85. The molecule has 0 aliphatic heterocycles. The fraction of sp³-hybridized carbons (Fsp3) is 0.409. The summed E-state index contributed by atoms with van der Waals surface area (Å²) in [5, 5.41) is 14.0. The minimum Gasteiger partial charge on any atom is -0.445 e. The van der Waals surface area contributed by atoms with Crippen LogP contribution in [-0.2, 0) is 16.8 Å². The van der Waals surface area contributed by atoms with E-state index in [9.17, 15) is 9.90 Å². The molecule has 0 saturated heterocycles. The number of alkyl carbamates (subject to hydrolysis) is 1. The fourth-order valence-electron chi connectivity index (χ4n) is 4.69. The van der Waals surface area contributed by atoms with Crippen molar-refractivity contribution in [2.45, 2.75) is 55.8 Å². The van der Waals surface area contributed by atoms with Gasteiger partial charge in [0.25, 0.3) is 0 Å². The molecule has 4 nitrogen and oxygen atoms in total. The highest BCUT2D eigenvalue weighted by Gasteiger charge is 2.55. The number of ether oxygens (including phenoxy) is 1. The lowest BCUT2D eigenvalue weighted by Gasteiger charge is -2.56. The third-order valence-corrected chi connectivity index (χ3v) is 6.85. The highest BCUT2D eigenvalue weighted by atomic mass is 79.9. The van der Waals surface area contributed by atoms with Crippen LogP contribution in [0.1, 0.15) is 43.2 Å². The number of nitrogens with one attached hydrogen (secondary N) is 1. The van der Waals surface area contributed by atoms with E-state index in [-0.39, 0.29) is 17.6 Å². The van der Waals surface area contributed by atoms with Crippen molar-refractivity contribution >= 4 is 22.0 Å². The van der Waals surface area contributed by atoms with E-state index in [2.05, 4.69) is 33.4 Å². The first-order valence-electron chi connectivity index (χ1n) is 9.44. The molecule has 2 aromatic rings. The lowest BCUT2D eigenvalue weighted by Crippen LogP contribution is -2.63. The first kappa shape index (κ1) is 18.5. The number of fused-ring (bicyclic) bond motifs is 3. The van der Waals surface area contributed by atoms with Crippen LogP contribution in [0.2, 0.25) is 0 Å². The Kier molecular flexibility index (Phi) is 4.99. The summed E-state index contributed by atoms with van der Waals surface area (Å²) in [4.78, 5) is 12.3. The highest BCUT2D eigenvalue weighted by molar-refractivity contribution is 9.10. The number of carbonyl (C=O) groups is 1. The number of aliphatic hydroxyl groups is 1. The van der Waals surface area contributed by atoms with Crippen molar-refractivity contribution in [2.24, 2.45) is 0 Å². The van der Waals surface area contributed by atoms with Gasteiger partial charge >= 0.3 is 6.09 Å². The molecule has 2 aromatic carbocycles. The maximum Gasteiger partial charge on any atom is 0.407 e. The quantitative estimate of drug-likeness (QED) is 0.740. The maximum absolute atomic E-state index is 12.3. The van der Waals surface area contributed by atoms with Gasteiger partial charge < -0.3 is 15.2 Å². The van der Waals surface area contributed by atoms with Crippen LogP contribution in [-0.4, -0.2) is 22.8 Å². The molecule has 5 rings (SSSR count). The Morgan fingerprint density at radius 3 is 2.37 bits per heavy atom. The number of hydrogen-bond donors (Lipinski definition) is 2. The highest BCUT2D eigenvalue weighted by Crippen LogP contribution is 2.53. The smallest absolute Gasteiger partial charge is 0.407 e. The van der Waals surface area contributed by atoms with Gasteiger partial charge in [-0.3, -0.25) is 0 Å². The van der Waals surface area contributed by atoms with E-state index >= 15 is 0 Å². The van der Waals surface area contributed by atoms with E-state index in [4.69, 9.17) is 4.74 Å². The molecule has 0 heterocycles. The van der Waals surface area contributed by atoms with Crippen molar-refractivity contribution < 1.29 is 14.6 Å². The molecule has 5 heteroatoms. The summed E-state index contributed by atoms with van der Waals surface area (Å²) >= 11 is 3.48. The molecule has 1 atom stereocenters. The van der Waals surface area contributed by atoms with E-state index < -0.39 is 12.2 Å². The van der Waals surface area contributed by atoms with Crippen LogP contribution < -0.4 is 5.32 Å². The number of hydrogen-bond acceptors (Lipinski definition) is 3. The van der Waals surface area contributed by atoms with Gasteiger partial charge in [-0.2, -0.15) is 0 Å². The average molecular weight is 430 g/mol. The third kappa shape index (κ3) is 3.63. The van der Waals surface area contributed by atoms with Crippen molar-refractivity contribution in [3.63, 3.8) is 0 Å². The first-order chi connectivity index (χ1) is 13.0.